The zero-order valence-electron chi connectivity index (χ0n) is 48.7. The van der Waals surface area contributed by atoms with Crippen molar-refractivity contribution in [2.45, 2.75) is 373 Å². The molecule has 426 valence electrons. The first-order valence-electron chi connectivity index (χ1n) is 32.6. The smallest absolute Gasteiger partial charge is 0.305 e. The van der Waals surface area contributed by atoms with Crippen molar-refractivity contribution < 1.29 is 24.5 Å². The Morgan fingerprint density at radius 3 is 0.986 bits per heavy atom. The first-order chi connectivity index (χ1) is 35.5. The van der Waals surface area contributed by atoms with Crippen molar-refractivity contribution in [3.8, 4) is 0 Å². The van der Waals surface area contributed by atoms with Gasteiger partial charge in [0.25, 0.3) is 0 Å². The molecule has 0 rings (SSSR count). The van der Waals surface area contributed by atoms with E-state index in [9.17, 15) is 19.8 Å². The van der Waals surface area contributed by atoms with Crippen LogP contribution in [-0.2, 0) is 14.3 Å². The highest BCUT2D eigenvalue weighted by atomic mass is 16.5. The zero-order chi connectivity index (χ0) is 52.2. The predicted octanol–water partition coefficient (Wildman–Crippen LogP) is 20.6. The van der Waals surface area contributed by atoms with Crippen LogP contribution in [-0.4, -0.2) is 47.4 Å². The van der Waals surface area contributed by atoms with Gasteiger partial charge in [0.15, 0.2) is 0 Å². The second-order valence-corrected chi connectivity index (χ2v) is 22.5. The first kappa shape index (κ1) is 70.3. The Hall–Kier alpha value is -1.66. The van der Waals surface area contributed by atoms with Crippen molar-refractivity contribution in [1.82, 2.24) is 5.32 Å². The summed E-state index contributed by atoms with van der Waals surface area (Å²) in [6, 6.07) is -0.625. The predicted molar refractivity (Wildman–Crippen MR) is 315 cm³/mol. The number of esters is 1. The second-order valence-electron chi connectivity index (χ2n) is 22.5. The van der Waals surface area contributed by atoms with Gasteiger partial charge in [0.1, 0.15) is 0 Å². The van der Waals surface area contributed by atoms with Gasteiger partial charge in [-0.2, -0.15) is 0 Å². The molecule has 2 atom stereocenters. The molecule has 0 aliphatic rings. The van der Waals surface area contributed by atoms with Crippen molar-refractivity contribution in [3.05, 3.63) is 24.3 Å². The van der Waals surface area contributed by atoms with E-state index < -0.39 is 12.1 Å². The van der Waals surface area contributed by atoms with E-state index in [2.05, 4.69) is 31.3 Å². The lowest BCUT2D eigenvalue weighted by Gasteiger charge is -2.20. The van der Waals surface area contributed by atoms with Gasteiger partial charge in [-0.05, 0) is 57.8 Å². The van der Waals surface area contributed by atoms with E-state index in [0.29, 0.717) is 19.4 Å². The summed E-state index contributed by atoms with van der Waals surface area (Å²) in [5, 5.41) is 23.1. The molecular formula is C66H127NO5. The highest BCUT2D eigenvalue weighted by Gasteiger charge is 2.18. The van der Waals surface area contributed by atoms with Crippen molar-refractivity contribution in [2.24, 2.45) is 0 Å². The third-order valence-corrected chi connectivity index (χ3v) is 15.2. The fraction of sp³-hybridized carbons (Fsp3) is 0.909. The lowest BCUT2D eigenvalue weighted by Crippen LogP contribution is -2.45. The molecule has 0 saturated heterocycles. The number of hydrogen-bond donors (Lipinski definition) is 3. The quantitative estimate of drug-likeness (QED) is 0.0320. The molecule has 0 saturated carbocycles. The van der Waals surface area contributed by atoms with Crippen LogP contribution < -0.4 is 5.32 Å². The molecular weight excluding hydrogens is 887 g/mol. The monoisotopic (exact) mass is 1010 g/mol. The molecule has 6 nitrogen and oxygen atoms in total. The number of ether oxygens (including phenoxy) is 1. The molecule has 1 amide bonds. The Balaban J connectivity index is 3.36. The van der Waals surface area contributed by atoms with Crippen LogP contribution in [0.25, 0.3) is 0 Å². The number of nitrogens with one attached hydrogen (secondary N) is 1. The number of allylic oxidation sites excluding steroid dienone is 3. The Bertz CT molecular complexity index is 1120. The second kappa shape index (κ2) is 61.9. The van der Waals surface area contributed by atoms with E-state index >= 15 is 0 Å². The minimum Gasteiger partial charge on any atom is -0.466 e. The average Bonchev–Trinajstić information content (AvgIpc) is 3.38. The molecule has 0 aromatic carbocycles. The van der Waals surface area contributed by atoms with Crippen molar-refractivity contribution in [1.29, 1.82) is 0 Å². The number of unbranched alkanes of at least 4 members (excludes halogenated alkanes) is 48. The maximum Gasteiger partial charge on any atom is 0.305 e. The first-order valence-corrected chi connectivity index (χ1v) is 32.6. The fourth-order valence-electron chi connectivity index (χ4n) is 10.2. The Morgan fingerprint density at radius 1 is 0.375 bits per heavy atom. The summed E-state index contributed by atoms with van der Waals surface area (Å²) < 4.78 is 5.48. The molecule has 72 heavy (non-hydrogen) atoms. The molecule has 0 radical (unpaired) electrons. The highest BCUT2D eigenvalue weighted by Crippen LogP contribution is 2.18. The van der Waals surface area contributed by atoms with Crippen LogP contribution in [0.5, 0.6) is 0 Å². The number of amides is 1. The van der Waals surface area contributed by atoms with E-state index in [4.69, 9.17) is 4.74 Å². The zero-order valence-corrected chi connectivity index (χ0v) is 48.7. The fourth-order valence-corrected chi connectivity index (χ4v) is 10.2. The number of aliphatic hydroxyl groups is 2. The summed E-state index contributed by atoms with van der Waals surface area (Å²) in [6.45, 7) is 4.91. The average molecular weight is 1010 g/mol. The summed E-state index contributed by atoms with van der Waals surface area (Å²) in [5.74, 6) is -0.0542. The minimum atomic E-state index is -0.842. The number of rotatable bonds is 61. The normalized spacial score (nSPS) is 12.7. The van der Waals surface area contributed by atoms with E-state index in [1.807, 2.05) is 6.08 Å². The lowest BCUT2D eigenvalue weighted by atomic mass is 10.0. The lowest BCUT2D eigenvalue weighted by molar-refractivity contribution is -0.143. The molecule has 0 heterocycles. The SMILES string of the molecule is CCCCCCC/C=C\CCCCCCCC(=O)OCCCCCCCCCCCCCCCCCCCCCCCCCCCCCC(=O)NC(CO)C(O)/C=C/CCCCCCCCCCCCCC. The van der Waals surface area contributed by atoms with Crippen LogP contribution in [0.3, 0.4) is 0 Å². The topological polar surface area (TPSA) is 95.9 Å². The van der Waals surface area contributed by atoms with Gasteiger partial charge in [-0.1, -0.05) is 314 Å². The van der Waals surface area contributed by atoms with Gasteiger partial charge < -0.3 is 20.3 Å². The summed E-state index contributed by atoms with van der Waals surface area (Å²) in [5.41, 5.74) is 0. The van der Waals surface area contributed by atoms with Crippen LogP contribution in [0.1, 0.15) is 361 Å². The summed E-state index contributed by atoms with van der Waals surface area (Å²) >= 11 is 0. The van der Waals surface area contributed by atoms with Crippen molar-refractivity contribution in [2.75, 3.05) is 13.2 Å². The van der Waals surface area contributed by atoms with E-state index in [1.54, 1.807) is 6.08 Å². The van der Waals surface area contributed by atoms with Crippen LogP contribution in [0.2, 0.25) is 0 Å². The Kier molecular flexibility index (Phi) is 60.5. The van der Waals surface area contributed by atoms with Gasteiger partial charge in [-0.3, -0.25) is 9.59 Å². The van der Waals surface area contributed by atoms with E-state index in [1.165, 1.54) is 289 Å². The van der Waals surface area contributed by atoms with Gasteiger partial charge in [0.2, 0.25) is 5.91 Å². The van der Waals surface area contributed by atoms with Gasteiger partial charge in [0.05, 0.1) is 25.4 Å². The largest absolute Gasteiger partial charge is 0.466 e. The summed E-state index contributed by atoms with van der Waals surface area (Å²) in [7, 11) is 0. The third-order valence-electron chi connectivity index (χ3n) is 15.2. The van der Waals surface area contributed by atoms with Gasteiger partial charge in [-0.15, -0.1) is 0 Å². The maximum absolute atomic E-state index is 12.5. The van der Waals surface area contributed by atoms with Gasteiger partial charge >= 0.3 is 5.97 Å². The third kappa shape index (κ3) is 57.6. The molecule has 0 aromatic heterocycles. The van der Waals surface area contributed by atoms with Crippen molar-refractivity contribution in [3.63, 3.8) is 0 Å². The summed E-state index contributed by atoms with van der Waals surface area (Å²) in [6.07, 6.45) is 76.6. The number of hydrogen-bond acceptors (Lipinski definition) is 5. The Morgan fingerprint density at radius 2 is 0.653 bits per heavy atom. The molecule has 0 spiro atoms. The van der Waals surface area contributed by atoms with Crippen LogP contribution in [0, 0.1) is 0 Å². The van der Waals surface area contributed by atoms with Gasteiger partial charge in [0, 0.05) is 12.8 Å². The standard InChI is InChI=1S/C66H127NO5/c1-3-5-7-9-11-13-15-17-34-38-42-46-50-54-58-64(69)63(62-68)67-65(70)59-55-51-47-43-39-35-32-30-28-26-24-22-20-19-21-23-25-27-29-31-33-37-41-45-49-53-57-61-72-66(71)60-56-52-48-44-40-36-18-16-14-12-10-8-6-4-2/h16,18,54,58,63-64,68-69H,3-15,17,19-53,55-57,59-62H2,1-2H3,(H,67,70)/b18-16-,58-54+. The molecule has 0 aliphatic heterocycles. The number of aliphatic hydroxyl groups excluding tert-OH is 2. The molecule has 2 unspecified atom stereocenters. The maximum atomic E-state index is 12.5. The summed E-state index contributed by atoms with van der Waals surface area (Å²) in [4.78, 5) is 24.5. The van der Waals surface area contributed by atoms with E-state index in [-0.39, 0.29) is 18.5 Å². The molecule has 6 heteroatoms. The van der Waals surface area contributed by atoms with Crippen molar-refractivity contribution >= 4 is 11.9 Å². The Labute approximate surface area is 450 Å². The molecule has 0 bridgehead atoms. The van der Waals surface area contributed by atoms with E-state index in [0.717, 1.165) is 44.9 Å². The molecule has 0 aliphatic carbocycles. The molecule has 3 N–H and O–H groups in total. The molecule has 0 aromatic rings. The van der Waals surface area contributed by atoms with Crippen LogP contribution in [0.15, 0.2) is 24.3 Å². The highest BCUT2D eigenvalue weighted by molar-refractivity contribution is 5.76. The van der Waals surface area contributed by atoms with Crippen LogP contribution in [0.4, 0.5) is 0 Å². The minimum absolute atomic E-state index is 0.00946. The molecule has 0 fully saturated rings. The number of carbonyl (C=O) groups is 2. The van der Waals surface area contributed by atoms with Crippen LogP contribution >= 0.6 is 0 Å². The van der Waals surface area contributed by atoms with Gasteiger partial charge in [-0.25, -0.2) is 0 Å². The number of carbonyl (C=O) groups excluding carboxylic acids is 2.